The van der Waals surface area contributed by atoms with Gasteiger partial charge in [-0.1, -0.05) is 19.9 Å². The zero-order valence-electron chi connectivity index (χ0n) is 18.8. The molecule has 1 heterocycles. The van der Waals surface area contributed by atoms with E-state index in [1.165, 1.54) is 16.5 Å². The Morgan fingerprint density at radius 2 is 2.00 bits per heavy atom. The van der Waals surface area contributed by atoms with E-state index in [-0.39, 0.29) is 11.8 Å². The van der Waals surface area contributed by atoms with Crippen molar-refractivity contribution in [1.29, 1.82) is 5.26 Å². The number of nitrogens with zero attached hydrogens (tertiary/aromatic N) is 3. The summed E-state index contributed by atoms with van der Waals surface area (Å²) in [4.78, 5) is 12.9. The maximum absolute atomic E-state index is 10.9. The van der Waals surface area contributed by atoms with E-state index in [0.717, 1.165) is 47.0 Å². The highest BCUT2D eigenvalue weighted by Crippen LogP contribution is 2.39. The van der Waals surface area contributed by atoms with Crippen LogP contribution >= 0.6 is 0 Å². The largest absolute Gasteiger partial charge is 0.550 e. The first-order valence-electron chi connectivity index (χ1n) is 11.0. The van der Waals surface area contributed by atoms with E-state index >= 15 is 0 Å². The molecule has 5 heteroatoms. The quantitative estimate of drug-likeness (QED) is 0.686. The Bertz CT molecular complexity index is 1230. The molecule has 2 aliphatic rings. The number of fused-ring (bicyclic) bond motifs is 3. The third-order valence-corrected chi connectivity index (χ3v) is 6.76. The van der Waals surface area contributed by atoms with Crippen LogP contribution in [0.25, 0.3) is 5.57 Å². The number of carboxylic acid groups (broad SMARTS) is 1. The van der Waals surface area contributed by atoms with Crippen molar-refractivity contribution in [3.8, 4) is 6.07 Å². The van der Waals surface area contributed by atoms with Gasteiger partial charge in [-0.05, 0) is 52.9 Å². The molecular formula is C26H29N3O2. The number of rotatable bonds is 5. The minimum atomic E-state index is -0.995. The van der Waals surface area contributed by atoms with E-state index in [0.29, 0.717) is 13.0 Å². The first kappa shape index (κ1) is 21.1. The SMILES string of the molecule is CN(C)c1ccc2c(c1)C(C)(C)c1cc3c(cc1=C2C#N)CCC[N+]=3CCCC(=O)[O-]. The molecule has 0 bridgehead atoms. The summed E-state index contributed by atoms with van der Waals surface area (Å²) in [5.41, 5.74) is 6.21. The van der Waals surface area contributed by atoms with Crippen molar-refractivity contribution in [2.75, 3.05) is 32.1 Å². The van der Waals surface area contributed by atoms with Gasteiger partial charge in [0.15, 0.2) is 0 Å². The molecule has 0 aromatic heterocycles. The standard InChI is InChI=1S/C26H29N3O2/c1-26(2)22-14-18(28(3)4)9-10-19(22)21(16-27)20-13-17-7-5-11-29(12-6-8-25(30)31)24(17)15-23(20)26/h9-10,13-15H,5-8,11-12H2,1-4H3. The number of aliphatic carboxylic acids is 1. The van der Waals surface area contributed by atoms with Gasteiger partial charge >= 0.3 is 0 Å². The van der Waals surface area contributed by atoms with E-state index < -0.39 is 5.97 Å². The van der Waals surface area contributed by atoms with Crippen LogP contribution in [0.15, 0.2) is 30.3 Å². The van der Waals surface area contributed by atoms with Gasteiger partial charge in [-0.15, -0.1) is 0 Å². The molecule has 4 rings (SSSR count). The van der Waals surface area contributed by atoms with Crippen LogP contribution in [0.4, 0.5) is 5.69 Å². The van der Waals surface area contributed by atoms with E-state index in [1.54, 1.807) is 0 Å². The molecule has 31 heavy (non-hydrogen) atoms. The second kappa shape index (κ2) is 7.85. The molecule has 0 N–H and O–H groups in total. The summed E-state index contributed by atoms with van der Waals surface area (Å²) in [6.07, 6.45) is 2.67. The fourth-order valence-electron chi connectivity index (χ4n) is 5.04. The van der Waals surface area contributed by atoms with Crippen molar-refractivity contribution >= 4 is 17.2 Å². The molecule has 0 spiro atoms. The Hall–Kier alpha value is -3.13. The lowest BCUT2D eigenvalue weighted by molar-refractivity contribution is -0.305. The van der Waals surface area contributed by atoms with E-state index in [2.05, 4.69) is 59.7 Å². The molecule has 2 aromatic rings. The molecule has 1 aliphatic heterocycles. The summed E-state index contributed by atoms with van der Waals surface area (Å²) >= 11 is 0. The van der Waals surface area contributed by atoms with Crippen LogP contribution in [0.5, 0.6) is 0 Å². The first-order valence-corrected chi connectivity index (χ1v) is 11.0. The molecule has 5 nitrogen and oxygen atoms in total. The maximum atomic E-state index is 10.9. The van der Waals surface area contributed by atoms with Gasteiger partial charge in [-0.25, -0.2) is 4.58 Å². The minimum absolute atomic E-state index is 0.0787. The first-order chi connectivity index (χ1) is 14.7. The monoisotopic (exact) mass is 415 g/mol. The van der Waals surface area contributed by atoms with Gasteiger partial charge < -0.3 is 14.8 Å². The average molecular weight is 416 g/mol. The summed E-state index contributed by atoms with van der Waals surface area (Å²) in [7, 11) is 4.06. The second-order valence-corrected chi connectivity index (χ2v) is 9.33. The van der Waals surface area contributed by atoms with Crippen molar-refractivity contribution < 1.29 is 9.90 Å². The molecule has 2 aromatic carbocycles. The lowest BCUT2D eigenvalue weighted by atomic mass is 9.69. The van der Waals surface area contributed by atoms with E-state index in [1.807, 2.05) is 14.1 Å². The lowest BCUT2D eigenvalue weighted by Gasteiger charge is -2.34. The predicted octanol–water partition coefficient (Wildman–Crippen LogP) is 1.08. The minimum Gasteiger partial charge on any atom is -0.550 e. The fraction of sp³-hybridized carbons (Fsp3) is 0.423. The zero-order chi connectivity index (χ0) is 22.3. The molecule has 0 fully saturated rings. The number of benzene rings is 2. The summed E-state index contributed by atoms with van der Waals surface area (Å²) < 4.78 is 2.30. The number of carbonyl (C=O) groups is 1. The van der Waals surface area contributed by atoms with Gasteiger partial charge in [0.25, 0.3) is 0 Å². The molecule has 1 aliphatic carbocycles. The number of hydrogen-bond acceptors (Lipinski definition) is 4. The molecule has 0 amide bonds. The molecule has 160 valence electrons. The van der Waals surface area contributed by atoms with E-state index in [9.17, 15) is 15.2 Å². The normalized spacial score (nSPS) is 16.1. The van der Waals surface area contributed by atoms with Crippen LogP contribution in [0, 0.1) is 11.3 Å². The van der Waals surface area contributed by atoms with E-state index in [4.69, 9.17) is 0 Å². The molecule has 0 unspecified atom stereocenters. The van der Waals surface area contributed by atoms with Crippen LogP contribution in [0.1, 0.15) is 55.4 Å². The highest BCUT2D eigenvalue weighted by Gasteiger charge is 2.34. The molecular weight excluding hydrogens is 386 g/mol. The third kappa shape index (κ3) is 3.61. The number of carboxylic acids is 1. The maximum Gasteiger partial charge on any atom is 0.203 e. The Morgan fingerprint density at radius 1 is 1.23 bits per heavy atom. The molecule has 0 radical (unpaired) electrons. The molecule has 0 saturated carbocycles. The van der Waals surface area contributed by atoms with Crippen LogP contribution in [0.3, 0.4) is 0 Å². The third-order valence-electron chi connectivity index (χ3n) is 6.76. The van der Waals surface area contributed by atoms with Crippen LogP contribution in [-0.2, 0) is 16.6 Å². The van der Waals surface area contributed by atoms with Crippen molar-refractivity contribution in [2.24, 2.45) is 0 Å². The Balaban J connectivity index is 1.97. The van der Waals surface area contributed by atoms with Gasteiger partial charge in [-0.2, -0.15) is 5.26 Å². The summed E-state index contributed by atoms with van der Waals surface area (Å²) in [6.45, 7) is 6.09. The van der Waals surface area contributed by atoms with Gasteiger partial charge in [0.1, 0.15) is 19.2 Å². The highest BCUT2D eigenvalue weighted by molar-refractivity contribution is 5.83. The topological polar surface area (TPSA) is 70.2 Å². The Labute approximate surface area is 183 Å². The fourth-order valence-corrected chi connectivity index (χ4v) is 5.04. The van der Waals surface area contributed by atoms with Gasteiger partial charge in [0, 0.05) is 55.6 Å². The lowest BCUT2D eigenvalue weighted by Crippen LogP contribution is -2.43. The second-order valence-electron chi connectivity index (χ2n) is 9.33. The number of anilines is 1. The number of aryl methyl sites for hydroxylation is 1. The average Bonchev–Trinajstić information content (AvgIpc) is 2.73. The number of carbonyl (C=O) groups excluding carboxylic acids is 1. The molecule has 0 saturated heterocycles. The van der Waals surface area contributed by atoms with Gasteiger partial charge in [0.05, 0.1) is 5.57 Å². The van der Waals surface area contributed by atoms with Crippen molar-refractivity contribution in [3.63, 3.8) is 0 Å². The van der Waals surface area contributed by atoms with Crippen LogP contribution in [0.2, 0.25) is 0 Å². The smallest absolute Gasteiger partial charge is 0.203 e. The Kier molecular flexibility index (Phi) is 5.35. The van der Waals surface area contributed by atoms with Crippen molar-refractivity contribution in [2.45, 2.75) is 44.9 Å². The van der Waals surface area contributed by atoms with Crippen LogP contribution in [-0.4, -0.2) is 33.2 Å². The van der Waals surface area contributed by atoms with Crippen molar-refractivity contribution in [1.82, 2.24) is 4.58 Å². The van der Waals surface area contributed by atoms with Crippen molar-refractivity contribution in [3.05, 3.63) is 63.2 Å². The Morgan fingerprint density at radius 3 is 2.68 bits per heavy atom. The number of hydrogen-bond donors (Lipinski definition) is 0. The van der Waals surface area contributed by atoms with Gasteiger partial charge in [-0.3, -0.25) is 0 Å². The molecule has 0 atom stereocenters. The highest BCUT2D eigenvalue weighted by atomic mass is 16.4. The van der Waals surface area contributed by atoms with Crippen LogP contribution < -0.4 is 25.2 Å². The van der Waals surface area contributed by atoms with Gasteiger partial charge in [0.2, 0.25) is 5.36 Å². The summed E-state index contributed by atoms with van der Waals surface area (Å²) in [6, 6.07) is 13.3. The zero-order valence-corrected chi connectivity index (χ0v) is 18.8. The summed E-state index contributed by atoms with van der Waals surface area (Å²) in [5, 5.41) is 23.2. The number of nitriles is 1. The predicted molar refractivity (Wildman–Crippen MR) is 120 cm³/mol. The summed E-state index contributed by atoms with van der Waals surface area (Å²) in [5.74, 6) is -0.995.